The number of hydrogen-bond donors (Lipinski definition) is 1. The minimum atomic E-state index is -0.503. The lowest BCUT2D eigenvalue weighted by molar-refractivity contribution is 0.0563. The predicted molar refractivity (Wildman–Crippen MR) is 81.1 cm³/mol. The van der Waals surface area contributed by atoms with E-state index < -0.39 is 5.97 Å². The fourth-order valence-electron chi connectivity index (χ4n) is 2.45. The van der Waals surface area contributed by atoms with Gasteiger partial charge in [0.25, 0.3) is 5.56 Å². The van der Waals surface area contributed by atoms with E-state index in [1.54, 1.807) is 12.1 Å². The number of ether oxygens (including phenoxy) is 1. The Balaban J connectivity index is 1.71. The first-order valence-electron chi connectivity index (χ1n) is 7.09. The fourth-order valence-corrected chi connectivity index (χ4v) is 3.23. The van der Waals surface area contributed by atoms with Crippen molar-refractivity contribution in [1.29, 1.82) is 0 Å². The molecule has 0 saturated heterocycles. The summed E-state index contributed by atoms with van der Waals surface area (Å²) in [4.78, 5) is 30.7. The van der Waals surface area contributed by atoms with Crippen molar-refractivity contribution in [2.45, 2.75) is 36.6 Å². The SMILES string of the molecule is COC(=O)c1ccc(CSc2nc3c(c(=O)[nH]2)CCCC3)o1. The normalized spacial score (nSPS) is 13.7. The number of fused-ring (bicyclic) bond motifs is 1. The number of nitrogens with zero attached hydrogens (tertiary/aromatic N) is 1. The Kier molecular flexibility index (Phi) is 4.33. The van der Waals surface area contributed by atoms with Crippen LogP contribution < -0.4 is 5.56 Å². The summed E-state index contributed by atoms with van der Waals surface area (Å²) in [7, 11) is 1.31. The molecule has 0 atom stereocenters. The number of carbonyl (C=O) groups is 1. The Morgan fingerprint density at radius 3 is 3.05 bits per heavy atom. The Morgan fingerprint density at radius 2 is 2.23 bits per heavy atom. The molecule has 0 fully saturated rings. The zero-order valence-electron chi connectivity index (χ0n) is 12.2. The summed E-state index contributed by atoms with van der Waals surface area (Å²) in [6.07, 6.45) is 3.80. The smallest absolute Gasteiger partial charge is 0.373 e. The molecule has 7 heteroatoms. The van der Waals surface area contributed by atoms with Crippen LogP contribution in [0.1, 0.15) is 40.4 Å². The Bertz CT molecular complexity index is 750. The third-order valence-electron chi connectivity index (χ3n) is 3.57. The molecular weight excluding hydrogens is 304 g/mol. The number of thioether (sulfide) groups is 1. The van der Waals surface area contributed by atoms with Crippen LogP contribution in [0.4, 0.5) is 0 Å². The standard InChI is InChI=1S/C15H16N2O4S/c1-20-14(19)12-7-6-9(21-12)8-22-15-16-11-5-3-2-4-10(11)13(18)17-15/h6-7H,2-5,8H2,1H3,(H,16,17,18). The van der Waals surface area contributed by atoms with Crippen LogP contribution in [0.5, 0.6) is 0 Å². The molecule has 2 aromatic heterocycles. The topological polar surface area (TPSA) is 85.2 Å². The van der Waals surface area contributed by atoms with E-state index >= 15 is 0 Å². The largest absolute Gasteiger partial charge is 0.463 e. The summed E-state index contributed by atoms with van der Waals surface area (Å²) in [5.74, 6) is 0.783. The van der Waals surface area contributed by atoms with Crippen molar-refractivity contribution < 1.29 is 13.9 Å². The third kappa shape index (κ3) is 3.09. The number of aromatic amines is 1. The molecule has 0 radical (unpaired) electrons. The van der Waals surface area contributed by atoms with Gasteiger partial charge in [-0.3, -0.25) is 4.79 Å². The molecule has 1 aliphatic rings. The van der Waals surface area contributed by atoms with Gasteiger partial charge in [-0.15, -0.1) is 0 Å². The maximum absolute atomic E-state index is 12.0. The van der Waals surface area contributed by atoms with E-state index in [0.717, 1.165) is 36.9 Å². The van der Waals surface area contributed by atoms with Crippen molar-refractivity contribution in [3.05, 3.63) is 45.3 Å². The van der Waals surface area contributed by atoms with E-state index in [0.29, 0.717) is 16.7 Å². The van der Waals surface area contributed by atoms with Crippen molar-refractivity contribution in [1.82, 2.24) is 9.97 Å². The lowest BCUT2D eigenvalue weighted by Crippen LogP contribution is -2.21. The quantitative estimate of drug-likeness (QED) is 0.528. The second kappa shape index (κ2) is 6.39. The van der Waals surface area contributed by atoms with Crippen LogP contribution in [-0.2, 0) is 23.3 Å². The molecule has 1 aliphatic carbocycles. The van der Waals surface area contributed by atoms with E-state index in [9.17, 15) is 9.59 Å². The average Bonchev–Trinajstić information content (AvgIpc) is 3.01. The molecule has 1 N–H and O–H groups in total. The maximum Gasteiger partial charge on any atom is 0.373 e. The molecular formula is C15H16N2O4S. The molecule has 6 nitrogen and oxygen atoms in total. The van der Waals surface area contributed by atoms with Crippen molar-refractivity contribution in [2.75, 3.05) is 7.11 Å². The second-order valence-corrected chi connectivity index (χ2v) is 6.01. The summed E-state index contributed by atoms with van der Waals surface area (Å²) < 4.78 is 9.98. The number of aromatic nitrogens is 2. The first-order chi connectivity index (χ1) is 10.7. The number of hydrogen-bond acceptors (Lipinski definition) is 6. The van der Waals surface area contributed by atoms with Crippen molar-refractivity contribution in [3.8, 4) is 0 Å². The minimum absolute atomic E-state index is 0.0399. The Hall–Kier alpha value is -2.02. The van der Waals surface area contributed by atoms with Gasteiger partial charge in [-0.25, -0.2) is 9.78 Å². The molecule has 116 valence electrons. The van der Waals surface area contributed by atoms with Crippen molar-refractivity contribution in [3.63, 3.8) is 0 Å². The third-order valence-corrected chi connectivity index (χ3v) is 4.46. The molecule has 2 aromatic rings. The first-order valence-corrected chi connectivity index (χ1v) is 8.08. The van der Waals surface area contributed by atoms with Gasteiger partial charge < -0.3 is 14.1 Å². The van der Waals surface area contributed by atoms with Crippen LogP contribution in [0.2, 0.25) is 0 Å². The van der Waals surface area contributed by atoms with Crippen LogP contribution in [0.15, 0.2) is 26.5 Å². The van der Waals surface area contributed by atoms with Gasteiger partial charge in [0.1, 0.15) is 5.76 Å². The van der Waals surface area contributed by atoms with E-state index in [1.807, 2.05) is 0 Å². The molecule has 2 heterocycles. The summed E-state index contributed by atoms with van der Waals surface area (Å²) in [6.45, 7) is 0. The van der Waals surface area contributed by atoms with Gasteiger partial charge in [-0.2, -0.15) is 0 Å². The van der Waals surface area contributed by atoms with E-state index in [-0.39, 0.29) is 11.3 Å². The van der Waals surface area contributed by atoms with Gasteiger partial charge in [0.05, 0.1) is 18.6 Å². The van der Waals surface area contributed by atoms with Crippen molar-refractivity contribution in [2.24, 2.45) is 0 Å². The highest BCUT2D eigenvalue weighted by Gasteiger charge is 2.16. The molecule has 0 aliphatic heterocycles. The van der Waals surface area contributed by atoms with Crippen LogP contribution >= 0.6 is 11.8 Å². The molecule has 0 unspecified atom stereocenters. The Morgan fingerprint density at radius 1 is 1.41 bits per heavy atom. The maximum atomic E-state index is 12.0. The summed E-state index contributed by atoms with van der Waals surface area (Å²) in [5, 5.41) is 0.585. The van der Waals surface area contributed by atoms with E-state index in [1.165, 1.54) is 18.9 Å². The summed E-state index contributed by atoms with van der Waals surface area (Å²) >= 11 is 1.38. The van der Waals surface area contributed by atoms with Gasteiger partial charge in [0.2, 0.25) is 5.76 Å². The number of H-pyrrole nitrogens is 1. The number of methoxy groups -OCH3 is 1. The number of esters is 1. The van der Waals surface area contributed by atoms with Gasteiger partial charge in [0, 0.05) is 5.56 Å². The lowest BCUT2D eigenvalue weighted by Gasteiger charge is -2.14. The fraction of sp³-hybridized carbons (Fsp3) is 0.400. The highest BCUT2D eigenvalue weighted by Crippen LogP contribution is 2.23. The van der Waals surface area contributed by atoms with E-state index in [2.05, 4.69) is 14.7 Å². The number of rotatable bonds is 4. The lowest BCUT2D eigenvalue weighted by atomic mass is 9.97. The number of furan rings is 1. The highest BCUT2D eigenvalue weighted by molar-refractivity contribution is 7.98. The van der Waals surface area contributed by atoms with Gasteiger partial charge in [-0.1, -0.05) is 11.8 Å². The van der Waals surface area contributed by atoms with Crippen LogP contribution in [0.25, 0.3) is 0 Å². The molecule has 0 aromatic carbocycles. The molecule has 0 amide bonds. The minimum Gasteiger partial charge on any atom is -0.463 e. The summed E-state index contributed by atoms with van der Waals surface area (Å²) in [5.41, 5.74) is 1.69. The van der Waals surface area contributed by atoms with Gasteiger partial charge >= 0.3 is 5.97 Å². The molecule has 22 heavy (non-hydrogen) atoms. The highest BCUT2D eigenvalue weighted by atomic mass is 32.2. The second-order valence-electron chi connectivity index (χ2n) is 5.05. The molecule has 0 spiro atoms. The summed E-state index contributed by atoms with van der Waals surface area (Å²) in [6, 6.07) is 3.29. The average molecular weight is 320 g/mol. The van der Waals surface area contributed by atoms with Crippen molar-refractivity contribution >= 4 is 17.7 Å². The molecule has 0 saturated carbocycles. The van der Waals surface area contributed by atoms with E-state index in [4.69, 9.17) is 4.42 Å². The zero-order chi connectivity index (χ0) is 15.5. The zero-order valence-corrected chi connectivity index (χ0v) is 13.0. The van der Waals surface area contributed by atoms with Crippen LogP contribution in [0.3, 0.4) is 0 Å². The van der Waals surface area contributed by atoms with Crippen LogP contribution in [0, 0.1) is 0 Å². The predicted octanol–water partition coefficient (Wildman–Crippen LogP) is 2.32. The monoisotopic (exact) mass is 320 g/mol. The number of carbonyl (C=O) groups excluding carboxylic acids is 1. The molecule has 3 rings (SSSR count). The first kappa shape index (κ1) is 14.9. The van der Waals surface area contributed by atoms with Crippen LogP contribution in [-0.4, -0.2) is 23.0 Å². The Labute approximate surface area is 131 Å². The number of nitrogens with one attached hydrogen (secondary N) is 1. The van der Waals surface area contributed by atoms with Gasteiger partial charge in [0.15, 0.2) is 5.16 Å². The van der Waals surface area contributed by atoms with Gasteiger partial charge in [-0.05, 0) is 37.8 Å². The number of aryl methyl sites for hydroxylation is 1. The molecule has 0 bridgehead atoms.